The molecule has 0 saturated heterocycles. The van der Waals surface area contributed by atoms with Crippen LogP contribution in [-0.4, -0.2) is 71.3 Å². The van der Waals surface area contributed by atoms with E-state index in [-0.39, 0.29) is 31.4 Å². The quantitative estimate of drug-likeness (QED) is 0.291. The van der Waals surface area contributed by atoms with Crippen molar-refractivity contribution in [1.82, 2.24) is 15.5 Å². The van der Waals surface area contributed by atoms with E-state index in [9.17, 15) is 24.3 Å². The summed E-state index contributed by atoms with van der Waals surface area (Å²) in [5.74, 6) is -1.47. The number of aliphatic hydroxyl groups excluding tert-OH is 1. The van der Waals surface area contributed by atoms with E-state index >= 15 is 0 Å². The molecule has 1 aliphatic carbocycles. The van der Waals surface area contributed by atoms with Gasteiger partial charge in [-0.05, 0) is 51.2 Å². The second-order valence-corrected chi connectivity index (χ2v) is 12.4. The third kappa shape index (κ3) is 11.0. The Morgan fingerprint density at radius 3 is 2.07 bits per heavy atom. The minimum Gasteiger partial charge on any atom is -0.469 e. The number of hydrogen-bond acceptors (Lipinski definition) is 7. The lowest BCUT2D eigenvalue weighted by Gasteiger charge is -2.41. The van der Waals surface area contributed by atoms with Crippen LogP contribution in [0.5, 0.6) is 0 Å². The Morgan fingerprint density at radius 2 is 1.50 bits per heavy atom. The van der Waals surface area contributed by atoms with Crippen LogP contribution in [0.2, 0.25) is 0 Å². The molecule has 3 amide bonds. The zero-order valence-electron chi connectivity index (χ0n) is 26.3. The molecule has 10 heteroatoms. The summed E-state index contributed by atoms with van der Waals surface area (Å²) < 4.78 is 10.0. The summed E-state index contributed by atoms with van der Waals surface area (Å²) in [5.41, 5.74) is 1.06. The van der Waals surface area contributed by atoms with Crippen LogP contribution in [0.25, 0.3) is 0 Å². The summed E-state index contributed by atoms with van der Waals surface area (Å²) in [6.45, 7) is 5.78. The van der Waals surface area contributed by atoms with Crippen LogP contribution in [0, 0.1) is 5.92 Å². The van der Waals surface area contributed by atoms with E-state index in [1.807, 2.05) is 69.3 Å². The van der Waals surface area contributed by atoms with E-state index < -0.39 is 48.1 Å². The molecule has 0 spiro atoms. The van der Waals surface area contributed by atoms with Crippen molar-refractivity contribution >= 4 is 23.9 Å². The highest BCUT2D eigenvalue weighted by Crippen LogP contribution is 2.28. The molecule has 1 saturated carbocycles. The van der Waals surface area contributed by atoms with E-state index in [0.717, 1.165) is 43.2 Å². The first-order valence-corrected chi connectivity index (χ1v) is 15.4. The monoisotopic (exact) mass is 609 g/mol. The normalized spacial score (nSPS) is 15.8. The lowest BCUT2D eigenvalue weighted by molar-refractivity contribution is -0.145. The van der Waals surface area contributed by atoms with Gasteiger partial charge in [-0.3, -0.25) is 14.4 Å². The molecule has 2 aromatic carbocycles. The third-order valence-corrected chi connectivity index (χ3v) is 7.91. The first-order chi connectivity index (χ1) is 21.0. The molecule has 0 bridgehead atoms. The minimum atomic E-state index is -1.32. The molecule has 240 valence electrons. The molecule has 3 rings (SSSR count). The summed E-state index contributed by atoms with van der Waals surface area (Å²) >= 11 is 0. The zero-order chi connectivity index (χ0) is 32.1. The van der Waals surface area contributed by atoms with Crippen molar-refractivity contribution in [2.45, 2.75) is 96.1 Å². The summed E-state index contributed by atoms with van der Waals surface area (Å²) in [4.78, 5) is 53.8. The van der Waals surface area contributed by atoms with Gasteiger partial charge in [-0.25, -0.2) is 4.79 Å². The van der Waals surface area contributed by atoms with Gasteiger partial charge in [0.05, 0.1) is 25.7 Å². The average Bonchev–Trinajstić information content (AvgIpc) is 3.02. The second kappa shape index (κ2) is 16.8. The fraction of sp³-hybridized carbons (Fsp3) is 0.529. The second-order valence-electron chi connectivity index (χ2n) is 12.4. The summed E-state index contributed by atoms with van der Waals surface area (Å²) in [7, 11) is 1.19. The number of amides is 3. The number of aliphatic hydroxyl groups is 1. The number of β-amino-alcohol motifs (C(OH)–C–C–N with tert-alkyl or cyclic N) is 1. The van der Waals surface area contributed by atoms with Gasteiger partial charge >= 0.3 is 12.1 Å². The Kier molecular flexibility index (Phi) is 13.2. The van der Waals surface area contributed by atoms with E-state index in [4.69, 9.17) is 9.47 Å². The largest absolute Gasteiger partial charge is 0.469 e. The van der Waals surface area contributed by atoms with Crippen LogP contribution < -0.4 is 10.6 Å². The summed E-state index contributed by atoms with van der Waals surface area (Å²) in [6, 6.07) is 16.2. The summed E-state index contributed by atoms with van der Waals surface area (Å²) in [5, 5.41) is 16.9. The molecule has 3 N–H and O–H groups in total. The van der Waals surface area contributed by atoms with Gasteiger partial charge in [0.25, 0.3) is 0 Å². The van der Waals surface area contributed by atoms with Gasteiger partial charge in [0, 0.05) is 18.0 Å². The van der Waals surface area contributed by atoms with Crippen LogP contribution in [0.15, 0.2) is 60.7 Å². The van der Waals surface area contributed by atoms with Gasteiger partial charge in [0.15, 0.2) is 0 Å². The van der Waals surface area contributed by atoms with Crippen LogP contribution >= 0.6 is 0 Å². The predicted molar refractivity (Wildman–Crippen MR) is 166 cm³/mol. The number of hydrogen-bond donors (Lipinski definition) is 3. The number of nitrogens with zero attached hydrogens (tertiary/aromatic N) is 1. The molecule has 0 heterocycles. The molecular weight excluding hydrogens is 562 g/mol. The first-order valence-electron chi connectivity index (χ1n) is 15.4. The van der Waals surface area contributed by atoms with E-state index in [0.29, 0.717) is 0 Å². The molecule has 1 fully saturated rings. The number of ether oxygens (including phenoxy) is 2. The highest BCUT2D eigenvalue weighted by molar-refractivity contribution is 5.89. The minimum absolute atomic E-state index is 0.00479. The Morgan fingerprint density at radius 1 is 0.909 bits per heavy atom. The van der Waals surface area contributed by atoms with Crippen molar-refractivity contribution in [2.75, 3.05) is 13.7 Å². The maximum Gasteiger partial charge on any atom is 0.408 e. The number of carbonyl (C=O) groups excluding carboxylic acids is 4. The van der Waals surface area contributed by atoms with Crippen LogP contribution in [0.4, 0.5) is 4.79 Å². The SMILES string of the molecule is COC(=O)C[C@H](NC(=O)OCc1ccccc1)C(=O)N[C@@H](Cc1ccccc1)[C@H](O)CN(C(=O)C1CCCCC1)C(C)(C)C. The predicted octanol–water partition coefficient (Wildman–Crippen LogP) is 4.14. The third-order valence-electron chi connectivity index (χ3n) is 7.91. The zero-order valence-corrected chi connectivity index (χ0v) is 26.3. The van der Waals surface area contributed by atoms with Crippen molar-refractivity contribution in [1.29, 1.82) is 0 Å². The molecule has 10 nitrogen and oxygen atoms in total. The maximum atomic E-state index is 13.6. The van der Waals surface area contributed by atoms with Crippen molar-refractivity contribution in [3.63, 3.8) is 0 Å². The first kappa shape index (κ1) is 34.6. The van der Waals surface area contributed by atoms with E-state index in [1.54, 1.807) is 17.0 Å². The number of rotatable bonds is 13. The molecule has 0 aromatic heterocycles. The Labute approximate surface area is 260 Å². The van der Waals surface area contributed by atoms with Crippen molar-refractivity contribution in [3.05, 3.63) is 71.8 Å². The Hall–Kier alpha value is -3.92. The van der Waals surface area contributed by atoms with E-state index in [1.165, 1.54) is 7.11 Å². The smallest absolute Gasteiger partial charge is 0.408 e. The topological polar surface area (TPSA) is 134 Å². The standard InChI is InChI=1S/C34H47N3O7/c1-34(2,3)37(32(41)26-18-12-7-13-19-26)22-29(38)27(20-24-14-8-5-9-15-24)35-31(40)28(21-30(39)43-4)36-33(42)44-23-25-16-10-6-11-17-25/h5-6,8-11,14-17,26-29,38H,7,12-13,18-23H2,1-4H3,(H,35,40)(H,36,42)/t27-,28-,29+/m0/s1. The molecule has 0 aliphatic heterocycles. The molecule has 44 heavy (non-hydrogen) atoms. The number of carbonyl (C=O) groups is 4. The van der Waals surface area contributed by atoms with Gasteiger partial charge < -0.3 is 30.1 Å². The van der Waals surface area contributed by atoms with Gasteiger partial charge in [-0.2, -0.15) is 0 Å². The average molecular weight is 610 g/mol. The lowest BCUT2D eigenvalue weighted by Crippen LogP contribution is -2.58. The van der Waals surface area contributed by atoms with E-state index in [2.05, 4.69) is 10.6 Å². The van der Waals surface area contributed by atoms with Gasteiger partial charge in [-0.15, -0.1) is 0 Å². The van der Waals surface area contributed by atoms with Crippen LogP contribution in [0.1, 0.15) is 70.4 Å². The lowest BCUT2D eigenvalue weighted by atomic mass is 9.86. The molecule has 2 aromatic rings. The van der Waals surface area contributed by atoms with Crippen LogP contribution in [-0.2, 0) is 36.9 Å². The highest BCUT2D eigenvalue weighted by atomic mass is 16.5. The molecule has 3 atom stereocenters. The molecule has 1 aliphatic rings. The number of methoxy groups -OCH3 is 1. The number of esters is 1. The van der Waals surface area contributed by atoms with Crippen molar-refractivity contribution < 1.29 is 33.8 Å². The fourth-order valence-corrected chi connectivity index (χ4v) is 5.38. The number of benzene rings is 2. The molecule has 0 unspecified atom stereocenters. The van der Waals surface area contributed by atoms with Crippen LogP contribution in [0.3, 0.4) is 0 Å². The van der Waals surface area contributed by atoms with Crippen molar-refractivity contribution in [3.8, 4) is 0 Å². The van der Waals surface area contributed by atoms with Gasteiger partial charge in [-0.1, -0.05) is 79.9 Å². The number of nitrogens with one attached hydrogen (secondary N) is 2. The highest BCUT2D eigenvalue weighted by Gasteiger charge is 2.36. The fourth-order valence-electron chi connectivity index (χ4n) is 5.38. The molecule has 0 radical (unpaired) electrons. The number of alkyl carbamates (subject to hydrolysis) is 1. The molecular formula is C34H47N3O7. The van der Waals surface area contributed by atoms with Gasteiger partial charge in [0.2, 0.25) is 11.8 Å². The van der Waals surface area contributed by atoms with Gasteiger partial charge in [0.1, 0.15) is 12.6 Å². The maximum absolute atomic E-state index is 13.6. The summed E-state index contributed by atoms with van der Waals surface area (Å²) in [6.07, 6.45) is 2.58. The Bertz CT molecular complexity index is 1210. The Balaban J connectivity index is 1.78. The van der Waals surface area contributed by atoms with Crippen molar-refractivity contribution in [2.24, 2.45) is 5.92 Å².